The van der Waals surface area contributed by atoms with Crippen LogP contribution in [-0.4, -0.2) is 24.8 Å². The largest absolute Gasteiger partial charge is 0.480 e. The molecule has 118 valence electrons. The van der Waals surface area contributed by atoms with Gasteiger partial charge in [-0.1, -0.05) is 34.1 Å². The van der Waals surface area contributed by atoms with Crippen molar-refractivity contribution in [2.24, 2.45) is 0 Å². The quantitative estimate of drug-likeness (QED) is 0.768. The zero-order chi connectivity index (χ0) is 16.4. The highest BCUT2D eigenvalue weighted by Gasteiger charge is 2.29. The fourth-order valence-corrected chi connectivity index (χ4v) is 3.13. The van der Waals surface area contributed by atoms with Crippen molar-refractivity contribution in [3.05, 3.63) is 58.1 Å². The van der Waals surface area contributed by atoms with Gasteiger partial charge >= 0.3 is 0 Å². The van der Waals surface area contributed by atoms with E-state index in [1.165, 1.54) is 5.56 Å². The number of amides is 1. The molecule has 0 fully saturated rings. The molecule has 0 bridgehead atoms. The Labute approximate surface area is 143 Å². The number of carbonyl (C=O) groups is 2. The van der Waals surface area contributed by atoms with E-state index in [0.29, 0.717) is 17.9 Å². The highest BCUT2D eigenvalue weighted by Crippen LogP contribution is 2.29. The van der Waals surface area contributed by atoms with E-state index in [9.17, 15) is 9.59 Å². The summed E-state index contributed by atoms with van der Waals surface area (Å²) in [4.78, 5) is 25.6. The minimum atomic E-state index is -0.666. The Morgan fingerprint density at radius 1 is 1.30 bits per heavy atom. The molecule has 0 aliphatic carbocycles. The Kier molecular flexibility index (Phi) is 4.48. The number of nitrogens with zero attached hydrogens (tertiary/aromatic N) is 1. The van der Waals surface area contributed by atoms with Gasteiger partial charge in [0.15, 0.2) is 12.4 Å². The molecule has 1 aliphatic rings. The Balaban J connectivity index is 1.78. The van der Waals surface area contributed by atoms with E-state index in [0.717, 1.165) is 22.9 Å². The molecule has 5 heteroatoms. The average molecular weight is 374 g/mol. The van der Waals surface area contributed by atoms with Gasteiger partial charge in [-0.15, -0.1) is 0 Å². The van der Waals surface area contributed by atoms with Crippen LogP contribution in [0.2, 0.25) is 0 Å². The van der Waals surface area contributed by atoms with Crippen molar-refractivity contribution < 1.29 is 14.3 Å². The normalized spacial score (nSPS) is 14.3. The molecule has 1 atom stereocenters. The number of anilines is 1. The molecule has 0 spiro atoms. The molecule has 0 aromatic heterocycles. The van der Waals surface area contributed by atoms with Crippen LogP contribution in [0.3, 0.4) is 0 Å². The standard InChI is InChI=1S/C18H16BrNO3/c1-12(23-17-7-6-15(19)10-14(17)11-21)18(22)20-9-8-13-4-2-3-5-16(13)20/h2-7,10-12H,8-9H2,1H3/t12-/m0/s1. The first-order valence-corrected chi connectivity index (χ1v) is 8.20. The molecule has 4 nitrogen and oxygen atoms in total. The summed E-state index contributed by atoms with van der Waals surface area (Å²) < 4.78 is 6.53. The highest BCUT2D eigenvalue weighted by molar-refractivity contribution is 9.10. The summed E-state index contributed by atoms with van der Waals surface area (Å²) in [6, 6.07) is 13.0. The van der Waals surface area contributed by atoms with Gasteiger partial charge in [0.05, 0.1) is 5.56 Å². The summed E-state index contributed by atoms with van der Waals surface area (Å²) in [5, 5.41) is 0. The molecule has 2 aromatic carbocycles. The van der Waals surface area contributed by atoms with Gasteiger partial charge < -0.3 is 9.64 Å². The van der Waals surface area contributed by atoms with E-state index >= 15 is 0 Å². The first-order valence-electron chi connectivity index (χ1n) is 7.41. The first kappa shape index (κ1) is 15.7. The van der Waals surface area contributed by atoms with Gasteiger partial charge in [-0.2, -0.15) is 0 Å². The lowest BCUT2D eigenvalue weighted by Gasteiger charge is -2.23. The molecule has 1 amide bonds. The number of hydrogen-bond acceptors (Lipinski definition) is 3. The lowest BCUT2D eigenvalue weighted by Crippen LogP contribution is -2.39. The van der Waals surface area contributed by atoms with E-state index in [2.05, 4.69) is 15.9 Å². The molecule has 0 radical (unpaired) electrons. The minimum Gasteiger partial charge on any atom is -0.480 e. The van der Waals surface area contributed by atoms with E-state index in [1.54, 1.807) is 30.0 Å². The molecule has 0 unspecified atom stereocenters. The molecule has 0 N–H and O–H groups in total. The summed E-state index contributed by atoms with van der Waals surface area (Å²) in [5.41, 5.74) is 2.53. The van der Waals surface area contributed by atoms with E-state index in [1.807, 2.05) is 24.3 Å². The van der Waals surface area contributed by atoms with Gasteiger partial charge in [-0.25, -0.2) is 0 Å². The molecule has 23 heavy (non-hydrogen) atoms. The maximum Gasteiger partial charge on any atom is 0.267 e. The number of halogens is 1. The summed E-state index contributed by atoms with van der Waals surface area (Å²) in [6.07, 6.45) is 0.913. The number of fused-ring (bicyclic) bond motifs is 1. The maximum absolute atomic E-state index is 12.7. The topological polar surface area (TPSA) is 46.6 Å². The van der Waals surface area contributed by atoms with Crippen molar-refractivity contribution in [3.63, 3.8) is 0 Å². The third kappa shape index (κ3) is 3.15. The van der Waals surface area contributed by atoms with Crippen LogP contribution in [0.15, 0.2) is 46.9 Å². The fraction of sp³-hybridized carbons (Fsp3) is 0.222. The van der Waals surface area contributed by atoms with Gasteiger partial charge in [0.1, 0.15) is 5.75 Å². The van der Waals surface area contributed by atoms with Crippen molar-refractivity contribution in [2.75, 3.05) is 11.4 Å². The van der Waals surface area contributed by atoms with E-state index < -0.39 is 6.10 Å². The van der Waals surface area contributed by atoms with Crippen molar-refractivity contribution in [1.29, 1.82) is 0 Å². The maximum atomic E-state index is 12.7. The summed E-state index contributed by atoms with van der Waals surface area (Å²) in [5.74, 6) is 0.311. The average Bonchev–Trinajstić information content (AvgIpc) is 2.99. The Hall–Kier alpha value is -2.14. The zero-order valence-corrected chi connectivity index (χ0v) is 14.2. The monoisotopic (exact) mass is 373 g/mol. The second-order valence-electron chi connectivity index (χ2n) is 5.43. The van der Waals surface area contributed by atoms with E-state index in [4.69, 9.17) is 4.74 Å². The number of rotatable bonds is 4. The van der Waals surface area contributed by atoms with Crippen LogP contribution in [0.5, 0.6) is 5.75 Å². The number of para-hydroxylation sites is 1. The molecule has 1 aliphatic heterocycles. The van der Waals surface area contributed by atoms with Gasteiger partial charge in [-0.05, 0) is 43.2 Å². The van der Waals surface area contributed by atoms with Crippen molar-refractivity contribution in [2.45, 2.75) is 19.4 Å². The Morgan fingerprint density at radius 2 is 2.09 bits per heavy atom. The van der Waals surface area contributed by atoms with Crippen LogP contribution in [-0.2, 0) is 11.2 Å². The second-order valence-corrected chi connectivity index (χ2v) is 6.34. The third-order valence-electron chi connectivity index (χ3n) is 3.90. The predicted octanol–water partition coefficient (Wildman–Crippen LogP) is 3.62. The first-order chi connectivity index (χ1) is 11.1. The SMILES string of the molecule is C[C@H](Oc1ccc(Br)cc1C=O)C(=O)N1CCc2ccccc21. The van der Waals surface area contributed by atoms with Gasteiger partial charge in [0.2, 0.25) is 0 Å². The van der Waals surface area contributed by atoms with Crippen molar-refractivity contribution >= 4 is 33.8 Å². The van der Waals surface area contributed by atoms with Crippen LogP contribution in [0, 0.1) is 0 Å². The summed E-state index contributed by atoms with van der Waals surface area (Å²) in [7, 11) is 0. The smallest absolute Gasteiger partial charge is 0.267 e. The lowest BCUT2D eigenvalue weighted by atomic mass is 10.2. The van der Waals surface area contributed by atoms with Crippen LogP contribution in [0.25, 0.3) is 0 Å². The molecule has 1 heterocycles. The van der Waals surface area contributed by atoms with Gasteiger partial charge in [0, 0.05) is 16.7 Å². The van der Waals surface area contributed by atoms with Gasteiger partial charge in [0.25, 0.3) is 5.91 Å². The molecule has 2 aromatic rings. The van der Waals surface area contributed by atoms with Crippen LogP contribution >= 0.6 is 15.9 Å². The third-order valence-corrected chi connectivity index (χ3v) is 4.40. The number of hydrogen-bond donors (Lipinski definition) is 0. The van der Waals surface area contributed by atoms with Gasteiger partial charge in [-0.3, -0.25) is 9.59 Å². The van der Waals surface area contributed by atoms with Crippen molar-refractivity contribution in [1.82, 2.24) is 0 Å². The van der Waals surface area contributed by atoms with Crippen molar-refractivity contribution in [3.8, 4) is 5.75 Å². The Morgan fingerprint density at radius 3 is 2.87 bits per heavy atom. The number of aldehydes is 1. The number of carbonyl (C=O) groups excluding carboxylic acids is 2. The minimum absolute atomic E-state index is 0.102. The molecule has 0 saturated carbocycles. The second kappa shape index (κ2) is 6.54. The predicted molar refractivity (Wildman–Crippen MR) is 92.1 cm³/mol. The van der Waals surface area contributed by atoms with E-state index in [-0.39, 0.29) is 5.91 Å². The molecule has 3 rings (SSSR count). The number of benzene rings is 2. The molecule has 0 saturated heterocycles. The highest BCUT2D eigenvalue weighted by atomic mass is 79.9. The van der Waals surface area contributed by atoms with Crippen LogP contribution < -0.4 is 9.64 Å². The fourth-order valence-electron chi connectivity index (χ4n) is 2.75. The molecular weight excluding hydrogens is 358 g/mol. The summed E-state index contributed by atoms with van der Waals surface area (Å²) in [6.45, 7) is 2.37. The summed E-state index contributed by atoms with van der Waals surface area (Å²) >= 11 is 3.31. The zero-order valence-electron chi connectivity index (χ0n) is 12.7. The van der Waals surface area contributed by atoms with Crippen LogP contribution in [0.4, 0.5) is 5.69 Å². The lowest BCUT2D eigenvalue weighted by molar-refractivity contribution is -0.124. The molecular formula is C18H16BrNO3. The number of ether oxygens (including phenoxy) is 1. The van der Waals surface area contributed by atoms with Crippen LogP contribution in [0.1, 0.15) is 22.8 Å². The Bertz CT molecular complexity index is 760.